The first-order valence-electron chi connectivity index (χ1n) is 8.39. The number of halogens is 2. The zero-order valence-corrected chi connectivity index (χ0v) is 15.8. The Hall–Kier alpha value is -2.69. The molecule has 2 rings (SSSR count). The van der Waals surface area contributed by atoms with E-state index in [2.05, 4.69) is 10.6 Å². The van der Waals surface area contributed by atoms with Crippen molar-refractivity contribution in [3.63, 3.8) is 0 Å². The van der Waals surface area contributed by atoms with Crippen LogP contribution in [-0.4, -0.2) is 53.7 Å². The highest BCUT2D eigenvalue weighted by Gasteiger charge is 2.28. The molecule has 1 aliphatic rings. The zero-order valence-electron chi connectivity index (χ0n) is 14.9. The second-order valence-corrected chi connectivity index (χ2v) is 6.90. The molecular weight excluding hydrogens is 396 g/mol. The molecule has 0 bridgehead atoms. The van der Waals surface area contributed by atoms with Crippen LogP contribution in [-0.2, 0) is 19.1 Å². The zero-order chi connectivity index (χ0) is 20.7. The first-order chi connectivity index (χ1) is 13.3. The number of anilines is 1. The number of nitrogens with zero attached hydrogens (tertiary/aromatic N) is 1. The highest BCUT2D eigenvalue weighted by Crippen LogP contribution is 2.26. The lowest BCUT2D eigenvalue weighted by Crippen LogP contribution is -2.33. The number of rotatable bonds is 9. The smallest absolute Gasteiger partial charge is 0.324 e. The van der Waals surface area contributed by atoms with Gasteiger partial charge in [0.15, 0.2) is 6.10 Å². The number of carbonyl (C=O) groups is 4. The minimum atomic E-state index is -2.53. The summed E-state index contributed by atoms with van der Waals surface area (Å²) < 4.78 is 29.6. The number of nitrogens with one attached hydrogen (secondary N) is 2. The molecule has 4 amide bonds. The van der Waals surface area contributed by atoms with Crippen molar-refractivity contribution in [1.29, 1.82) is 0 Å². The number of urea groups is 1. The summed E-state index contributed by atoms with van der Waals surface area (Å²) in [5.41, 5.74) is 0.380. The van der Waals surface area contributed by atoms with Gasteiger partial charge in [0.1, 0.15) is 0 Å². The molecule has 1 aliphatic heterocycles. The Labute approximate surface area is 164 Å². The number of hydrogen-bond acceptors (Lipinski definition) is 6. The number of esters is 1. The lowest BCUT2D eigenvalue weighted by atomic mass is 10.2. The number of amides is 4. The number of alkyl halides is 2. The maximum atomic E-state index is 12.3. The average Bonchev–Trinajstić information content (AvgIpc) is 2.94. The van der Waals surface area contributed by atoms with Crippen LogP contribution in [0.15, 0.2) is 29.2 Å². The van der Waals surface area contributed by atoms with Gasteiger partial charge in [-0.05, 0) is 37.6 Å². The second kappa shape index (κ2) is 10.0. The van der Waals surface area contributed by atoms with E-state index >= 15 is 0 Å². The van der Waals surface area contributed by atoms with E-state index in [9.17, 15) is 28.0 Å². The van der Waals surface area contributed by atoms with Crippen molar-refractivity contribution in [1.82, 2.24) is 10.2 Å². The molecule has 1 saturated heterocycles. The van der Waals surface area contributed by atoms with Crippen LogP contribution >= 0.6 is 11.8 Å². The normalized spacial score (nSPS) is 14.8. The Bertz CT molecular complexity index is 729. The van der Waals surface area contributed by atoms with Crippen LogP contribution in [0.3, 0.4) is 0 Å². The lowest BCUT2D eigenvalue weighted by molar-refractivity contribution is -0.153. The van der Waals surface area contributed by atoms with E-state index in [-0.39, 0.29) is 31.8 Å². The van der Waals surface area contributed by atoms with Crippen LogP contribution in [0, 0.1) is 0 Å². The third-order valence-corrected chi connectivity index (χ3v) is 4.45. The molecular formula is C17H19F2N3O5S. The Morgan fingerprint density at radius 2 is 1.96 bits per heavy atom. The van der Waals surface area contributed by atoms with Gasteiger partial charge >= 0.3 is 12.0 Å². The Morgan fingerprint density at radius 1 is 1.29 bits per heavy atom. The van der Waals surface area contributed by atoms with Crippen LogP contribution in [0.25, 0.3) is 0 Å². The summed E-state index contributed by atoms with van der Waals surface area (Å²) >= 11 is 0.393. The van der Waals surface area contributed by atoms with Crippen LogP contribution in [0.1, 0.15) is 19.8 Å². The van der Waals surface area contributed by atoms with Gasteiger partial charge in [0, 0.05) is 23.5 Å². The molecule has 0 spiro atoms. The van der Waals surface area contributed by atoms with Crippen molar-refractivity contribution in [2.45, 2.75) is 36.5 Å². The van der Waals surface area contributed by atoms with Gasteiger partial charge in [0.2, 0.25) is 5.91 Å². The highest BCUT2D eigenvalue weighted by atomic mass is 32.2. The molecule has 11 heteroatoms. The van der Waals surface area contributed by atoms with E-state index in [0.717, 1.165) is 4.90 Å². The van der Waals surface area contributed by atoms with Crippen molar-refractivity contribution < 1.29 is 32.7 Å². The molecule has 0 aliphatic carbocycles. The molecule has 0 unspecified atom stereocenters. The molecule has 1 heterocycles. The Morgan fingerprint density at radius 3 is 2.54 bits per heavy atom. The maximum Gasteiger partial charge on any atom is 0.324 e. The third-order valence-electron chi connectivity index (χ3n) is 3.72. The number of ether oxygens (including phenoxy) is 1. The van der Waals surface area contributed by atoms with E-state index < -0.39 is 29.8 Å². The number of carbonyl (C=O) groups excluding carboxylic acids is 4. The summed E-state index contributed by atoms with van der Waals surface area (Å²) in [7, 11) is 0. The number of imide groups is 1. The van der Waals surface area contributed by atoms with E-state index in [4.69, 9.17) is 4.74 Å². The summed E-state index contributed by atoms with van der Waals surface area (Å²) in [6.07, 6.45) is -0.913. The van der Waals surface area contributed by atoms with Crippen molar-refractivity contribution in [3.8, 4) is 0 Å². The minimum absolute atomic E-state index is 0.0533. The van der Waals surface area contributed by atoms with Crippen LogP contribution < -0.4 is 10.6 Å². The summed E-state index contributed by atoms with van der Waals surface area (Å²) in [5.74, 6) is -4.10. The number of thioether (sulfide) groups is 1. The second-order valence-electron chi connectivity index (χ2n) is 5.83. The predicted octanol–water partition coefficient (Wildman–Crippen LogP) is 2.20. The van der Waals surface area contributed by atoms with E-state index in [0.29, 0.717) is 22.3 Å². The van der Waals surface area contributed by atoms with Crippen molar-refractivity contribution in [2.24, 2.45) is 0 Å². The van der Waals surface area contributed by atoms with Gasteiger partial charge in [-0.15, -0.1) is 0 Å². The van der Waals surface area contributed by atoms with Gasteiger partial charge in [0.25, 0.3) is 11.7 Å². The molecule has 8 nitrogen and oxygen atoms in total. The average molecular weight is 415 g/mol. The quantitative estimate of drug-likeness (QED) is 0.364. The largest absolute Gasteiger partial charge is 0.453 e. The number of benzene rings is 1. The van der Waals surface area contributed by atoms with Crippen LogP contribution in [0.5, 0.6) is 0 Å². The fraction of sp³-hybridized carbons (Fsp3) is 0.412. The Balaban J connectivity index is 1.73. The van der Waals surface area contributed by atoms with Gasteiger partial charge in [0.05, 0.1) is 6.54 Å². The van der Waals surface area contributed by atoms with Crippen molar-refractivity contribution in [2.75, 3.05) is 18.4 Å². The molecule has 152 valence electrons. The standard InChI is InChI=1S/C17H19F2N3O5S/c1-10(15(25)21-11-4-6-12(7-5-11)28-16(18)19)27-14(24)3-2-8-22-13(23)9-20-17(22)26/h4-7,10,16H,2-3,8-9H2,1H3,(H,20,26)(H,21,25)/t10-/m0/s1. The molecule has 1 aromatic carbocycles. The topological polar surface area (TPSA) is 105 Å². The lowest BCUT2D eigenvalue weighted by Gasteiger charge is -2.15. The van der Waals surface area contributed by atoms with E-state index in [1.165, 1.54) is 31.2 Å². The van der Waals surface area contributed by atoms with E-state index in [1.54, 1.807) is 0 Å². The predicted molar refractivity (Wildman–Crippen MR) is 96.8 cm³/mol. The first kappa shape index (κ1) is 21.6. The van der Waals surface area contributed by atoms with Gasteiger partial charge in [-0.3, -0.25) is 19.3 Å². The first-order valence-corrected chi connectivity index (χ1v) is 9.27. The van der Waals surface area contributed by atoms with Gasteiger partial charge in [-0.25, -0.2) is 4.79 Å². The molecule has 0 aromatic heterocycles. The molecule has 1 aromatic rings. The van der Waals surface area contributed by atoms with Gasteiger partial charge in [-0.2, -0.15) is 8.78 Å². The molecule has 1 fully saturated rings. The summed E-state index contributed by atoms with van der Waals surface area (Å²) in [4.78, 5) is 48.0. The molecule has 0 radical (unpaired) electrons. The molecule has 1 atom stereocenters. The SMILES string of the molecule is C[C@H](OC(=O)CCCN1C(=O)CNC1=O)C(=O)Nc1ccc(SC(F)F)cc1. The summed E-state index contributed by atoms with van der Waals surface area (Å²) in [5, 5.41) is 4.89. The van der Waals surface area contributed by atoms with Gasteiger partial charge in [-0.1, -0.05) is 11.8 Å². The van der Waals surface area contributed by atoms with Crippen LogP contribution in [0.2, 0.25) is 0 Å². The summed E-state index contributed by atoms with van der Waals surface area (Å²) in [6.45, 7) is 1.43. The van der Waals surface area contributed by atoms with Crippen LogP contribution in [0.4, 0.5) is 19.3 Å². The van der Waals surface area contributed by atoms with Gasteiger partial charge < -0.3 is 15.4 Å². The minimum Gasteiger partial charge on any atom is -0.453 e. The Kier molecular flexibility index (Phi) is 7.73. The monoisotopic (exact) mass is 415 g/mol. The molecule has 28 heavy (non-hydrogen) atoms. The fourth-order valence-corrected chi connectivity index (χ4v) is 2.84. The fourth-order valence-electron chi connectivity index (χ4n) is 2.34. The molecule has 0 saturated carbocycles. The third kappa shape index (κ3) is 6.48. The van der Waals surface area contributed by atoms with Crippen molar-refractivity contribution >= 4 is 41.3 Å². The maximum absolute atomic E-state index is 12.3. The van der Waals surface area contributed by atoms with E-state index in [1.807, 2.05) is 0 Å². The molecule has 2 N–H and O–H groups in total. The summed E-state index contributed by atoms with van der Waals surface area (Å²) in [6, 6.07) is 5.33. The van der Waals surface area contributed by atoms with Crippen molar-refractivity contribution in [3.05, 3.63) is 24.3 Å². The highest BCUT2D eigenvalue weighted by molar-refractivity contribution is 7.99. The number of hydrogen-bond donors (Lipinski definition) is 2.